The van der Waals surface area contributed by atoms with E-state index in [0.29, 0.717) is 16.7 Å². The predicted molar refractivity (Wildman–Crippen MR) is 102 cm³/mol. The lowest BCUT2D eigenvalue weighted by atomic mass is 10.0. The topological polar surface area (TPSA) is 78.1 Å². The molecule has 0 spiro atoms. The molecule has 140 valence electrons. The molecule has 0 radical (unpaired) electrons. The first kappa shape index (κ1) is 18.4. The van der Waals surface area contributed by atoms with E-state index in [-0.39, 0.29) is 22.8 Å². The number of benzene rings is 2. The third-order valence-electron chi connectivity index (χ3n) is 4.25. The van der Waals surface area contributed by atoms with E-state index in [2.05, 4.69) is 0 Å². The predicted octanol–water partition coefficient (Wildman–Crippen LogP) is 4.37. The Labute approximate surface area is 156 Å². The quantitative estimate of drug-likeness (QED) is 0.514. The molecule has 0 aliphatic carbocycles. The first-order chi connectivity index (χ1) is 13.0. The van der Waals surface area contributed by atoms with Gasteiger partial charge in [-0.3, -0.25) is 4.79 Å². The highest BCUT2D eigenvalue weighted by Gasteiger charge is 2.26. The number of phenolic OH excluding ortho intramolecular Hbond substituents is 1. The molecule has 0 aliphatic rings. The van der Waals surface area contributed by atoms with Crippen molar-refractivity contribution in [2.75, 3.05) is 21.3 Å². The Morgan fingerprint density at radius 1 is 1.07 bits per heavy atom. The van der Waals surface area contributed by atoms with Gasteiger partial charge in [-0.25, -0.2) is 0 Å². The molecule has 0 unspecified atom stereocenters. The monoisotopic (exact) mass is 368 g/mol. The molecule has 1 heterocycles. The highest BCUT2D eigenvalue weighted by Crippen LogP contribution is 2.45. The summed E-state index contributed by atoms with van der Waals surface area (Å²) in [7, 11) is 4.39. The normalized spacial score (nSPS) is 11.1. The summed E-state index contributed by atoms with van der Waals surface area (Å²) in [4.78, 5) is 12.9. The average Bonchev–Trinajstić information content (AvgIpc) is 3.14. The third-order valence-corrected chi connectivity index (χ3v) is 4.25. The van der Waals surface area contributed by atoms with Gasteiger partial charge in [0, 0.05) is 5.56 Å². The zero-order chi connectivity index (χ0) is 19.6. The summed E-state index contributed by atoms with van der Waals surface area (Å²) in [5.74, 6) is 0.192. The Kier molecular flexibility index (Phi) is 5.07. The molecule has 0 atom stereocenters. The standard InChI is InChI=1S/C21H20O6/c1-12-5-6-13(16(11-12)24-2)7-8-15(22)17-18(23)21(26-4)20-14(9-10-27-20)19(17)25-3/h5-11,23H,1-4H3/b8-7+. The van der Waals surface area contributed by atoms with Gasteiger partial charge >= 0.3 is 0 Å². The lowest BCUT2D eigenvalue weighted by Gasteiger charge is -2.13. The van der Waals surface area contributed by atoms with Gasteiger partial charge in [0.15, 0.2) is 17.1 Å². The molecule has 3 rings (SSSR count). The average molecular weight is 368 g/mol. The molecule has 2 aromatic carbocycles. The van der Waals surface area contributed by atoms with Gasteiger partial charge in [-0.2, -0.15) is 0 Å². The number of hydrogen-bond acceptors (Lipinski definition) is 6. The second kappa shape index (κ2) is 7.45. The second-order valence-electron chi connectivity index (χ2n) is 5.90. The number of rotatable bonds is 6. The maximum absolute atomic E-state index is 12.9. The molecule has 0 saturated heterocycles. The molecule has 0 fully saturated rings. The molecular weight excluding hydrogens is 348 g/mol. The number of aryl methyl sites for hydroxylation is 1. The highest BCUT2D eigenvalue weighted by molar-refractivity contribution is 6.15. The maximum Gasteiger partial charge on any atom is 0.205 e. The van der Waals surface area contributed by atoms with Crippen molar-refractivity contribution in [3.8, 4) is 23.0 Å². The fourth-order valence-electron chi connectivity index (χ4n) is 2.96. The van der Waals surface area contributed by atoms with E-state index in [0.717, 1.165) is 11.1 Å². The van der Waals surface area contributed by atoms with Crippen LogP contribution in [-0.4, -0.2) is 32.2 Å². The fourth-order valence-corrected chi connectivity index (χ4v) is 2.96. The molecule has 0 amide bonds. The number of aromatic hydroxyl groups is 1. The van der Waals surface area contributed by atoms with E-state index in [4.69, 9.17) is 18.6 Å². The Balaban J connectivity index is 2.09. The molecule has 3 aromatic rings. The van der Waals surface area contributed by atoms with Crippen LogP contribution in [0.15, 0.2) is 41.0 Å². The van der Waals surface area contributed by atoms with Gasteiger partial charge in [-0.05, 0) is 36.8 Å². The van der Waals surface area contributed by atoms with Crippen molar-refractivity contribution in [3.05, 3.63) is 53.3 Å². The van der Waals surface area contributed by atoms with E-state index in [9.17, 15) is 9.90 Å². The van der Waals surface area contributed by atoms with Crippen LogP contribution in [0.2, 0.25) is 0 Å². The fraction of sp³-hybridized carbons (Fsp3) is 0.190. The number of methoxy groups -OCH3 is 3. The Morgan fingerprint density at radius 2 is 1.81 bits per heavy atom. The van der Waals surface area contributed by atoms with Gasteiger partial charge in [0.05, 0.1) is 33.0 Å². The van der Waals surface area contributed by atoms with E-state index >= 15 is 0 Å². The van der Waals surface area contributed by atoms with Gasteiger partial charge in [0.25, 0.3) is 0 Å². The summed E-state index contributed by atoms with van der Waals surface area (Å²) in [6.45, 7) is 1.95. The molecule has 1 N–H and O–H groups in total. The van der Waals surface area contributed by atoms with Crippen molar-refractivity contribution in [2.45, 2.75) is 6.92 Å². The number of phenols is 1. The summed E-state index contributed by atoms with van der Waals surface area (Å²) in [5.41, 5.74) is 2.11. The number of fused-ring (bicyclic) bond motifs is 1. The SMILES string of the molecule is COc1cc(C)ccc1/C=C/C(=O)c1c(O)c(OC)c2occc2c1OC. The first-order valence-electron chi connectivity index (χ1n) is 8.23. The van der Waals surface area contributed by atoms with Crippen LogP contribution in [0.25, 0.3) is 17.0 Å². The van der Waals surface area contributed by atoms with Crippen LogP contribution in [0, 0.1) is 6.92 Å². The minimum absolute atomic E-state index is 0.00517. The van der Waals surface area contributed by atoms with Crippen molar-refractivity contribution in [2.24, 2.45) is 0 Å². The van der Waals surface area contributed by atoms with E-state index in [1.807, 2.05) is 25.1 Å². The minimum Gasteiger partial charge on any atom is -0.504 e. The van der Waals surface area contributed by atoms with Crippen molar-refractivity contribution < 1.29 is 28.5 Å². The zero-order valence-corrected chi connectivity index (χ0v) is 15.5. The molecule has 1 aromatic heterocycles. The smallest absolute Gasteiger partial charge is 0.205 e. The largest absolute Gasteiger partial charge is 0.504 e. The number of ketones is 1. The summed E-state index contributed by atoms with van der Waals surface area (Å²) < 4.78 is 21.3. The lowest BCUT2D eigenvalue weighted by Crippen LogP contribution is -2.02. The number of carbonyl (C=O) groups is 1. The van der Waals surface area contributed by atoms with Gasteiger partial charge < -0.3 is 23.7 Å². The van der Waals surface area contributed by atoms with Crippen LogP contribution < -0.4 is 14.2 Å². The number of ether oxygens (including phenoxy) is 3. The van der Waals surface area contributed by atoms with Gasteiger partial charge in [0.2, 0.25) is 5.75 Å². The van der Waals surface area contributed by atoms with Crippen molar-refractivity contribution >= 4 is 22.8 Å². The maximum atomic E-state index is 12.9. The van der Waals surface area contributed by atoms with E-state index in [1.165, 1.54) is 26.6 Å². The summed E-state index contributed by atoms with van der Waals surface area (Å²) in [6, 6.07) is 7.31. The zero-order valence-electron chi connectivity index (χ0n) is 15.5. The third kappa shape index (κ3) is 3.21. The van der Waals surface area contributed by atoms with Crippen molar-refractivity contribution in [1.82, 2.24) is 0 Å². The number of carbonyl (C=O) groups excluding carboxylic acids is 1. The lowest BCUT2D eigenvalue weighted by molar-refractivity contribution is 0.104. The molecule has 27 heavy (non-hydrogen) atoms. The second-order valence-corrected chi connectivity index (χ2v) is 5.90. The van der Waals surface area contributed by atoms with Gasteiger partial charge in [-0.15, -0.1) is 0 Å². The number of allylic oxidation sites excluding steroid dienone is 1. The van der Waals surface area contributed by atoms with Crippen LogP contribution >= 0.6 is 0 Å². The van der Waals surface area contributed by atoms with Gasteiger partial charge in [0.1, 0.15) is 17.1 Å². The summed E-state index contributed by atoms with van der Waals surface area (Å²) in [6.07, 6.45) is 4.43. The van der Waals surface area contributed by atoms with Crippen LogP contribution in [0.1, 0.15) is 21.5 Å². The van der Waals surface area contributed by atoms with E-state index < -0.39 is 5.78 Å². The molecule has 0 bridgehead atoms. The highest BCUT2D eigenvalue weighted by atomic mass is 16.5. The Bertz CT molecular complexity index is 1030. The molecular formula is C21H20O6. The van der Waals surface area contributed by atoms with Crippen molar-refractivity contribution in [3.63, 3.8) is 0 Å². The Morgan fingerprint density at radius 3 is 2.48 bits per heavy atom. The number of furan rings is 1. The molecule has 0 aliphatic heterocycles. The van der Waals surface area contributed by atoms with Crippen LogP contribution in [0.4, 0.5) is 0 Å². The molecule has 6 nitrogen and oxygen atoms in total. The first-order valence-corrected chi connectivity index (χ1v) is 8.23. The molecule has 0 saturated carbocycles. The van der Waals surface area contributed by atoms with Crippen LogP contribution in [-0.2, 0) is 0 Å². The van der Waals surface area contributed by atoms with Crippen LogP contribution in [0.5, 0.6) is 23.0 Å². The summed E-state index contributed by atoms with van der Waals surface area (Å²) >= 11 is 0. The summed E-state index contributed by atoms with van der Waals surface area (Å²) in [5, 5.41) is 11.1. The van der Waals surface area contributed by atoms with E-state index in [1.54, 1.807) is 19.3 Å². The molecule has 6 heteroatoms. The minimum atomic E-state index is -0.437. The van der Waals surface area contributed by atoms with Gasteiger partial charge in [-0.1, -0.05) is 12.1 Å². The van der Waals surface area contributed by atoms with Crippen molar-refractivity contribution in [1.29, 1.82) is 0 Å². The Hall–Kier alpha value is -3.41. The van der Waals surface area contributed by atoms with Crippen LogP contribution in [0.3, 0.4) is 0 Å². The number of hydrogen-bond donors (Lipinski definition) is 1.